The summed E-state index contributed by atoms with van der Waals surface area (Å²) in [5, 5.41) is 3.48. The number of benzene rings is 1. The van der Waals surface area contributed by atoms with Crippen molar-refractivity contribution in [3.05, 3.63) is 29.6 Å². The summed E-state index contributed by atoms with van der Waals surface area (Å²) in [6.07, 6.45) is 3.69. The van der Waals surface area contributed by atoms with E-state index in [4.69, 9.17) is 4.74 Å². The van der Waals surface area contributed by atoms with E-state index in [1.54, 1.807) is 12.1 Å². The van der Waals surface area contributed by atoms with Gasteiger partial charge in [-0.25, -0.2) is 4.39 Å². The van der Waals surface area contributed by atoms with Gasteiger partial charge in [0.15, 0.2) is 0 Å². The zero-order chi connectivity index (χ0) is 13.9. The van der Waals surface area contributed by atoms with Crippen LogP contribution in [0.25, 0.3) is 0 Å². The van der Waals surface area contributed by atoms with Gasteiger partial charge in [-0.05, 0) is 30.9 Å². The highest BCUT2D eigenvalue weighted by Gasteiger charge is 2.25. The Kier molecular flexibility index (Phi) is 4.22. The Hall–Kier alpha value is -1.13. The Morgan fingerprint density at radius 1 is 1.40 bits per heavy atom. The maximum atomic E-state index is 14.3. The van der Waals surface area contributed by atoms with Crippen molar-refractivity contribution in [2.24, 2.45) is 0 Å². The third kappa shape index (κ3) is 3.13. The molecule has 1 saturated heterocycles. The van der Waals surface area contributed by atoms with Crippen LogP contribution in [0.1, 0.15) is 31.7 Å². The molecule has 1 N–H and O–H groups in total. The van der Waals surface area contributed by atoms with Crippen molar-refractivity contribution in [1.29, 1.82) is 0 Å². The van der Waals surface area contributed by atoms with E-state index in [9.17, 15) is 4.39 Å². The van der Waals surface area contributed by atoms with Crippen LogP contribution in [0.15, 0.2) is 18.2 Å². The minimum absolute atomic E-state index is 0.114. The number of hydrogen-bond acceptors (Lipinski definition) is 3. The lowest BCUT2D eigenvalue weighted by atomic mass is 10.1. The van der Waals surface area contributed by atoms with Crippen molar-refractivity contribution in [3.8, 4) is 0 Å². The maximum Gasteiger partial charge on any atom is 0.146 e. The van der Waals surface area contributed by atoms with Gasteiger partial charge in [0, 0.05) is 25.7 Å². The number of halogens is 1. The number of hydrogen-bond donors (Lipinski definition) is 1. The molecule has 0 radical (unpaired) electrons. The number of nitrogens with zero attached hydrogens (tertiary/aromatic N) is 1. The molecule has 20 heavy (non-hydrogen) atoms. The minimum Gasteiger partial charge on any atom is -0.375 e. The first-order valence-electron chi connectivity index (χ1n) is 7.65. The van der Waals surface area contributed by atoms with Crippen LogP contribution in [-0.4, -0.2) is 31.8 Å². The van der Waals surface area contributed by atoms with Gasteiger partial charge in [-0.1, -0.05) is 19.1 Å². The molecule has 110 valence electrons. The van der Waals surface area contributed by atoms with Gasteiger partial charge in [0.05, 0.1) is 18.4 Å². The van der Waals surface area contributed by atoms with Crippen LogP contribution >= 0.6 is 0 Å². The normalized spacial score (nSPS) is 23.1. The van der Waals surface area contributed by atoms with E-state index >= 15 is 0 Å². The summed E-state index contributed by atoms with van der Waals surface area (Å²) >= 11 is 0. The molecule has 0 aromatic heterocycles. The van der Waals surface area contributed by atoms with Gasteiger partial charge in [0.2, 0.25) is 0 Å². The Labute approximate surface area is 120 Å². The van der Waals surface area contributed by atoms with Crippen LogP contribution < -0.4 is 10.2 Å². The summed E-state index contributed by atoms with van der Waals surface area (Å²) in [6.45, 7) is 5.11. The predicted molar refractivity (Wildman–Crippen MR) is 78.5 cm³/mol. The molecular weight excluding hydrogens is 255 g/mol. The molecule has 0 amide bonds. The summed E-state index contributed by atoms with van der Waals surface area (Å²) in [5.41, 5.74) is 1.83. The van der Waals surface area contributed by atoms with Crippen molar-refractivity contribution in [2.45, 2.75) is 44.9 Å². The smallest absolute Gasteiger partial charge is 0.146 e. The molecular formula is C16H23FN2O. The zero-order valence-corrected chi connectivity index (χ0v) is 12.1. The van der Waals surface area contributed by atoms with Gasteiger partial charge < -0.3 is 15.0 Å². The molecule has 1 aromatic carbocycles. The molecule has 1 saturated carbocycles. The highest BCUT2D eigenvalue weighted by atomic mass is 19.1. The number of anilines is 1. The number of ether oxygens (including phenoxy) is 1. The SMILES string of the molecule is CCC1CN(c2c(F)cccc2CNC2CC2)CCO1. The van der Waals surface area contributed by atoms with Gasteiger partial charge >= 0.3 is 0 Å². The first kappa shape index (κ1) is 13.8. The largest absolute Gasteiger partial charge is 0.375 e. The average Bonchev–Trinajstić information content (AvgIpc) is 3.29. The number of morpholine rings is 1. The Bertz CT molecular complexity index is 462. The number of nitrogens with one attached hydrogen (secondary N) is 1. The highest BCUT2D eigenvalue weighted by Crippen LogP contribution is 2.28. The topological polar surface area (TPSA) is 24.5 Å². The van der Waals surface area contributed by atoms with Crippen LogP contribution in [0, 0.1) is 5.82 Å². The molecule has 2 aliphatic rings. The van der Waals surface area contributed by atoms with E-state index < -0.39 is 0 Å². The van der Waals surface area contributed by atoms with Crippen molar-refractivity contribution in [1.82, 2.24) is 5.32 Å². The maximum absolute atomic E-state index is 14.3. The molecule has 1 heterocycles. The van der Waals surface area contributed by atoms with Crippen molar-refractivity contribution in [3.63, 3.8) is 0 Å². The molecule has 3 rings (SSSR count). The lowest BCUT2D eigenvalue weighted by Crippen LogP contribution is -2.43. The quantitative estimate of drug-likeness (QED) is 0.896. The lowest BCUT2D eigenvalue weighted by Gasteiger charge is -2.35. The van der Waals surface area contributed by atoms with Gasteiger partial charge in [-0.15, -0.1) is 0 Å². The van der Waals surface area contributed by atoms with Crippen molar-refractivity contribution in [2.75, 3.05) is 24.6 Å². The van der Waals surface area contributed by atoms with Gasteiger partial charge in [0.1, 0.15) is 5.82 Å². The minimum atomic E-state index is -0.114. The van der Waals surface area contributed by atoms with Gasteiger partial charge in [-0.2, -0.15) is 0 Å². The summed E-state index contributed by atoms with van der Waals surface area (Å²) < 4.78 is 20.0. The summed E-state index contributed by atoms with van der Waals surface area (Å²) in [5.74, 6) is -0.114. The summed E-state index contributed by atoms with van der Waals surface area (Å²) in [4.78, 5) is 2.15. The molecule has 0 bridgehead atoms. The molecule has 1 aliphatic heterocycles. The molecule has 0 spiro atoms. The van der Waals surface area contributed by atoms with Gasteiger partial charge in [-0.3, -0.25) is 0 Å². The number of rotatable bonds is 5. The van der Waals surface area contributed by atoms with Crippen LogP contribution in [0.2, 0.25) is 0 Å². The average molecular weight is 278 g/mol. The van der Waals surface area contributed by atoms with Crippen LogP contribution in [0.3, 0.4) is 0 Å². The summed E-state index contributed by atoms with van der Waals surface area (Å²) in [7, 11) is 0. The third-order valence-corrected chi connectivity index (χ3v) is 4.14. The van der Waals surface area contributed by atoms with Crippen LogP contribution in [0.4, 0.5) is 10.1 Å². The molecule has 4 heteroatoms. The van der Waals surface area contributed by atoms with Crippen molar-refractivity contribution >= 4 is 5.69 Å². The monoisotopic (exact) mass is 278 g/mol. The fraction of sp³-hybridized carbons (Fsp3) is 0.625. The van der Waals surface area contributed by atoms with E-state index in [1.807, 2.05) is 6.07 Å². The molecule has 1 aromatic rings. The third-order valence-electron chi connectivity index (χ3n) is 4.14. The van der Waals surface area contributed by atoms with E-state index in [-0.39, 0.29) is 11.9 Å². The Morgan fingerprint density at radius 2 is 2.25 bits per heavy atom. The Balaban J connectivity index is 1.78. The number of para-hydroxylation sites is 1. The summed E-state index contributed by atoms with van der Waals surface area (Å²) in [6, 6.07) is 6.04. The lowest BCUT2D eigenvalue weighted by molar-refractivity contribution is 0.0381. The molecule has 3 nitrogen and oxygen atoms in total. The Morgan fingerprint density at radius 3 is 3.00 bits per heavy atom. The fourth-order valence-electron chi connectivity index (χ4n) is 2.77. The zero-order valence-electron chi connectivity index (χ0n) is 12.1. The van der Waals surface area contributed by atoms with Gasteiger partial charge in [0.25, 0.3) is 0 Å². The second-order valence-electron chi connectivity index (χ2n) is 5.75. The predicted octanol–water partition coefficient (Wildman–Crippen LogP) is 2.69. The van der Waals surface area contributed by atoms with Crippen LogP contribution in [-0.2, 0) is 11.3 Å². The highest BCUT2D eigenvalue weighted by molar-refractivity contribution is 5.55. The molecule has 2 fully saturated rings. The van der Waals surface area contributed by atoms with E-state index in [0.717, 1.165) is 37.3 Å². The first-order valence-corrected chi connectivity index (χ1v) is 7.65. The second kappa shape index (κ2) is 6.10. The fourth-order valence-corrected chi connectivity index (χ4v) is 2.77. The molecule has 1 unspecified atom stereocenters. The van der Waals surface area contributed by atoms with E-state index in [2.05, 4.69) is 17.1 Å². The van der Waals surface area contributed by atoms with E-state index in [1.165, 1.54) is 12.8 Å². The molecule has 1 aliphatic carbocycles. The first-order chi connectivity index (χ1) is 9.78. The second-order valence-corrected chi connectivity index (χ2v) is 5.75. The van der Waals surface area contributed by atoms with Crippen molar-refractivity contribution < 1.29 is 9.13 Å². The molecule has 1 atom stereocenters. The van der Waals surface area contributed by atoms with Crippen LogP contribution in [0.5, 0.6) is 0 Å². The standard InChI is InChI=1S/C16H23FN2O/c1-2-14-11-19(8-9-20-14)16-12(4-3-5-15(16)17)10-18-13-6-7-13/h3-5,13-14,18H,2,6-11H2,1H3. The van der Waals surface area contributed by atoms with E-state index in [0.29, 0.717) is 12.6 Å².